The summed E-state index contributed by atoms with van der Waals surface area (Å²) in [5.41, 5.74) is 2.44. The number of benzene rings is 2. The summed E-state index contributed by atoms with van der Waals surface area (Å²) < 4.78 is 34.4. The number of ether oxygens (including phenoxy) is 1. The standard InChI is InChI=1S/C23H29N3O5S/c1-5-25(6-2)17-10-12-19(16(3)14-17)24-32(29,30)21-15-18(11-13-20(21)31-4)26-22(27)8-7-9-23(26)28/h10-15,24H,5-9H2,1-4H3. The van der Waals surface area contributed by atoms with Crippen molar-refractivity contribution in [1.29, 1.82) is 0 Å². The molecule has 0 saturated carbocycles. The van der Waals surface area contributed by atoms with Crippen molar-refractivity contribution in [3.05, 3.63) is 42.0 Å². The Morgan fingerprint density at radius 3 is 2.25 bits per heavy atom. The Bertz CT molecular complexity index is 1110. The fourth-order valence-electron chi connectivity index (χ4n) is 3.80. The number of piperidine rings is 1. The van der Waals surface area contributed by atoms with Crippen molar-refractivity contribution < 1.29 is 22.7 Å². The molecule has 8 nitrogen and oxygen atoms in total. The van der Waals surface area contributed by atoms with Gasteiger partial charge in [0, 0.05) is 31.6 Å². The molecule has 172 valence electrons. The van der Waals surface area contributed by atoms with Gasteiger partial charge in [0.25, 0.3) is 10.0 Å². The molecule has 1 fully saturated rings. The van der Waals surface area contributed by atoms with Crippen LogP contribution >= 0.6 is 0 Å². The number of methoxy groups -OCH3 is 1. The first-order valence-electron chi connectivity index (χ1n) is 10.6. The Kier molecular flexibility index (Phi) is 7.08. The second-order valence-corrected chi connectivity index (χ2v) is 9.24. The van der Waals surface area contributed by atoms with Crippen molar-refractivity contribution in [1.82, 2.24) is 0 Å². The van der Waals surface area contributed by atoms with E-state index in [2.05, 4.69) is 23.5 Å². The molecule has 3 rings (SSSR count). The Morgan fingerprint density at radius 1 is 1.03 bits per heavy atom. The number of anilines is 3. The van der Waals surface area contributed by atoms with E-state index in [0.717, 1.165) is 29.2 Å². The number of amides is 2. The van der Waals surface area contributed by atoms with Crippen LogP contribution in [0.3, 0.4) is 0 Å². The molecule has 0 aliphatic carbocycles. The normalized spacial score (nSPS) is 14.4. The number of carbonyl (C=O) groups is 2. The van der Waals surface area contributed by atoms with Gasteiger partial charge in [0.2, 0.25) is 11.8 Å². The van der Waals surface area contributed by atoms with E-state index in [1.54, 1.807) is 6.07 Å². The average Bonchev–Trinajstić information content (AvgIpc) is 2.76. The Labute approximate surface area is 189 Å². The van der Waals surface area contributed by atoms with Crippen molar-refractivity contribution >= 4 is 38.9 Å². The third-order valence-corrected chi connectivity index (χ3v) is 6.94. The second kappa shape index (κ2) is 9.60. The van der Waals surface area contributed by atoms with E-state index in [1.165, 1.54) is 25.3 Å². The first-order valence-corrected chi connectivity index (χ1v) is 12.1. The van der Waals surface area contributed by atoms with Crippen LogP contribution in [0.2, 0.25) is 0 Å². The zero-order chi connectivity index (χ0) is 23.5. The highest BCUT2D eigenvalue weighted by atomic mass is 32.2. The molecule has 9 heteroatoms. The van der Waals surface area contributed by atoms with E-state index in [9.17, 15) is 18.0 Å². The van der Waals surface area contributed by atoms with Crippen LogP contribution in [0.15, 0.2) is 41.3 Å². The monoisotopic (exact) mass is 459 g/mol. The topological polar surface area (TPSA) is 96.0 Å². The number of hydrogen-bond donors (Lipinski definition) is 1. The minimum Gasteiger partial charge on any atom is -0.495 e. The SMILES string of the molecule is CCN(CC)c1ccc(NS(=O)(=O)c2cc(N3C(=O)CCCC3=O)ccc2OC)c(C)c1. The molecule has 2 aromatic carbocycles. The molecule has 0 aromatic heterocycles. The van der Waals surface area contributed by atoms with Gasteiger partial charge in [-0.2, -0.15) is 0 Å². The third kappa shape index (κ3) is 4.72. The molecule has 0 radical (unpaired) electrons. The van der Waals surface area contributed by atoms with Crippen LogP contribution in [-0.2, 0) is 19.6 Å². The van der Waals surface area contributed by atoms with Crippen LogP contribution in [0.4, 0.5) is 17.1 Å². The van der Waals surface area contributed by atoms with Gasteiger partial charge >= 0.3 is 0 Å². The van der Waals surface area contributed by atoms with Crippen LogP contribution in [0, 0.1) is 6.92 Å². The van der Waals surface area contributed by atoms with Crippen molar-refractivity contribution in [2.24, 2.45) is 0 Å². The van der Waals surface area contributed by atoms with Gasteiger partial charge in [-0.15, -0.1) is 0 Å². The largest absolute Gasteiger partial charge is 0.495 e. The molecule has 1 aliphatic heterocycles. The zero-order valence-corrected chi connectivity index (χ0v) is 19.7. The van der Waals surface area contributed by atoms with Crippen LogP contribution in [0.5, 0.6) is 5.75 Å². The van der Waals surface area contributed by atoms with Crippen molar-refractivity contribution in [2.75, 3.05) is 34.7 Å². The molecule has 32 heavy (non-hydrogen) atoms. The van der Waals surface area contributed by atoms with E-state index >= 15 is 0 Å². The molecule has 1 aliphatic rings. The third-order valence-electron chi connectivity index (χ3n) is 5.56. The number of carbonyl (C=O) groups excluding carboxylic acids is 2. The Morgan fingerprint density at radius 2 is 1.69 bits per heavy atom. The zero-order valence-electron chi connectivity index (χ0n) is 18.8. The van der Waals surface area contributed by atoms with Crippen LogP contribution < -0.4 is 19.3 Å². The van der Waals surface area contributed by atoms with Gasteiger partial charge in [-0.25, -0.2) is 8.42 Å². The summed E-state index contributed by atoms with van der Waals surface area (Å²) in [5.74, 6) is -0.563. The molecule has 1 heterocycles. The van der Waals surface area contributed by atoms with Crippen LogP contribution in [0.1, 0.15) is 38.7 Å². The van der Waals surface area contributed by atoms with Gasteiger partial charge in [-0.05, 0) is 69.2 Å². The van der Waals surface area contributed by atoms with E-state index in [-0.39, 0.29) is 41.0 Å². The number of hydrogen-bond acceptors (Lipinski definition) is 6. The number of nitrogens with zero attached hydrogens (tertiary/aromatic N) is 2. The van der Waals surface area contributed by atoms with Crippen LogP contribution in [-0.4, -0.2) is 40.4 Å². The van der Waals surface area contributed by atoms with E-state index in [1.807, 2.05) is 19.1 Å². The number of rotatable bonds is 8. The molecule has 1 N–H and O–H groups in total. The summed E-state index contributed by atoms with van der Waals surface area (Å²) in [4.78, 5) is 27.7. The molecule has 0 unspecified atom stereocenters. The molecular weight excluding hydrogens is 430 g/mol. The summed E-state index contributed by atoms with van der Waals surface area (Å²) in [6.07, 6.45) is 0.992. The lowest BCUT2D eigenvalue weighted by molar-refractivity contribution is -0.129. The minimum atomic E-state index is -4.06. The molecule has 0 atom stereocenters. The van der Waals surface area contributed by atoms with Gasteiger partial charge in [-0.3, -0.25) is 19.2 Å². The Hall–Kier alpha value is -3.07. The van der Waals surface area contributed by atoms with Gasteiger partial charge in [-0.1, -0.05) is 0 Å². The van der Waals surface area contributed by atoms with Gasteiger partial charge < -0.3 is 9.64 Å². The number of imide groups is 1. The smallest absolute Gasteiger partial charge is 0.265 e. The molecule has 1 saturated heterocycles. The first kappa shape index (κ1) is 23.6. The predicted octanol–water partition coefficient (Wildman–Crippen LogP) is 3.69. The maximum Gasteiger partial charge on any atom is 0.265 e. The van der Waals surface area contributed by atoms with E-state index in [0.29, 0.717) is 12.1 Å². The number of aryl methyl sites for hydroxylation is 1. The lowest BCUT2D eigenvalue weighted by Gasteiger charge is -2.25. The van der Waals surface area contributed by atoms with Gasteiger partial charge in [0.1, 0.15) is 10.6 Å². The highest BCUT2D eigenvalue weighted by Crippen LogP contribution is 2.33. The average molecular weight is 460 g/mol. The fourth-order valence-corrected chi connectivity index (χ4v) is 5.12. The second-order valence-electron chi connectivity index (χ2n) is 7.59. The van der Waals surface area contributed by atoms with E-state index in [4.69, 9.17) is 4.74 Å². The minimum absolute atomic E-state index is 0.121. The van der Waals surface area contributed by atoms with Crippen molar-refractivity contribution in [3.8, 4) is 5.75 Å². The summed E-state index contributed by atoms with van der Waals surface area (Å²) in [5, 5.41) is 0. The van der Waals surface area contributed by atoms with Crippen molar-refractivity contribution in [2.45, 2.75) is 44.9 Å². The fraction of sp³-hybridized carbons (Fsp3) is 0.391. The van der Waals surface area contributed by atoms with E-state index < -0.39 is 10.0 Å². The first-order chi connectivity index (χ1) is 15.2. The Balaban J connectivity index is 1.97. The molecule has 0 bridgehead atoms. The quantitative estimate of drug-likeness (QED) is 0.605. The van der Waals surface area contributed by atoms with Crippen LogP contribution in [0.25, 0.3) is 0 Å². The number of sulfonamides is 1. The molecule has 2 aromatic rings. The maximum absolute atomic E-state index is 13.3. The lowest BCUT2D eigenvalue weighted by atomic mass is 10.1. The predicted molar refractivity (Wildman–Crippen MR) is 125 cm³/mol. The number of nitrogens with one attached hydrogen (secondary N) is 1. The maximum atomic E-state index is 13.3. The summed E-state index contributed by atoms with van der Waals surface area (Å²) in [6.45, 7) is 7.65. The van der Waals surface area contributed by atoms with Gasteiger partial charge in [0.15, 0.2) is 0 Å². The summed E-state index contributed by atoms with van der Waals surface area (Å²) >= 11 is 0. The highest BCUT2D eigenvalue weighted by molar-refractivity contribution is 7.92. The van der Waals surface area contributed by atoms with Gasteiger partial charge in [0.05, 0.1) is 18.5 Å². The molecule has 2 amide bonds. The lowest BCUT2D eigenvalue weighted by Crippen LogP contribution is -2.40. The molecular formula is C23H29N3O5S. The summed E-state index contributed by atoms with van der Waals surface area (Å²) in [7, 11) is -2.69. The molecule has 0 spiro atoms. The highest BCUT2D eigenvalue weighted by Gasteiger charge is 2.30. The summed E-state index contributed by atoms with van der Waals surface area (Å²) in [6, 6.07) is 9.81. The van der Waals surface area contributed by atoms with Crippen molar-refractivity contribution in [3.63, 3.8) is 0 Å².